The van der Waals surface area contributed by atoms with E-state index in [2.05, 4.69) is 13.8 Å². The molecule has 0 spiro atoms. The molecule has 85 valence electrons. The Hall–Kier alpha value is -0.0551. The lowest BCUT2D eigenvalue weighted by molar-refractivity contribution is -0.185. The molecule has 3 aliphatic carbocycles. The summed E-state index contributed by atoms with van der Waals surface area (Å²) in [6.07, 6.45) is 2.64. The van der Waals surface area contributed by atoms with Crippen LogP contribution in [0.1, 0.15) is 26.7 Å². The summed E-state index contributed by atoms with van der Waals surface area (Å²) in [5.41, 5.74) is 5.70. The molecule has 0 amide bonds. The van der Waals surface area contributed by atoms with Gasteiger partial charge < -0.3 is 15.5 Å². The Morgan fingerprint density at radius 1 is 1.47 bits per heavy atom. The average molecular weight is 210 g/mol. The minimum Gasteiger partial charge on any atom is -0.435 e. The maximum absolute atomic E-state index is 10.1. The van der Waals surface area contributed by atoms with Crippen molar-refractivity contribution in [2.75, 3.05) is 6.54 Å². The van der Waals surface area contributed by atoms with Gasteiger partial charge in [0.2, 0.25) is 0 Å². The first kappa shape index (κ1) is 11.4. The standard InChI is InChI=1S/C11H21BNO2/c1-11(2)7-5-8(11)10(14)9(6-7)15-12-3-4-13/h7-10,14H,3-6,13H2,1-2H3. The number of hydrogen-bond donors (Lipinski definition) is 2. The van der Waals surface area contributed by atoms with E-state index in [4.69, 9.17) is 10.4 Å². The van der Waals surface area contributed by atoms with Gasteiger partial charge in [-0.2, -0.15) is 0 Å². The summed E-state index contributed by atoms with van der Waals surface area (Å²) in [5.74, 6) is 1.15. The van der Waals surface area contributed by atoms with E-state index in [1.165, 1.54) is 6.42 Å². The molecular formula is C11H21BNO2. The van der Waals surface area contributed by atoms with Crippen molar-refractivity contribution in [3.05, 3.63) is 0 Å². The van der Waals surface area contributed by atoms with Crippen LogP contribution in [0.4, 0.5) is 0 Å². The number of hydrogen-bond acceptors (Lipinski definition) is 3. The molecule has 0 aromatic rings. The van der Waals surface area contributed by atoms with Crippen LogP contribution in [0.25, 0.3) is 0 Å². The molecule has 0 aromatic heterocycles. The highest BCUT2D eigenvalue weighted by atomic mass is 16.5. The number of aliphatic hydroxyl groups is 1. The van der Waals surface area contributed by atoms with E-state index in [1.54, 1.807) is 7.48 Å². The van der Waals surface area contributed by atoms with E-state index in [-0.39, 0.29) is 12.2 Å². The fourth-order valence-corrected chi connectivity index (χ4v) is 3.11. The molecule has 0 aromatic carbocycles. The zero-order valence-corrected chi connectivity index (χ0v) is 9.65. The lowest BCUT2D eigenvalue weighted by Gasteiger charge is -2.60. The smallest absolute Gasteiger partial charge is 0.294 e. The lowest BCUT2D eigenvalue weighted by Crippen LogP contribution is -2.60. The van der Waals surface area contributed by atoms with Crippen LogP contribution in [0.2, 0.25) is 6.32 Å². The normalized spacial score (nSPS) is 42.1. The Balaban J connectivity index is 1.85. The summed E-state index contributed by atoms with van der Waals surface area (Å²) in [7, 11) is 1.76. The van der Waals surface area contributed by atoms with E-state index < -0.39 is 0 Å². The molecule has 0 heterocycles. The monoisotopic (exact) mass is 210 g/mol. The van der Waals surface area contributed by atoms with E-state index >= 15 is 0 Å². The molecule has 0 saturated heterocycles. The van der Waals surface area contributed by atoms with Gasteiger partial charge in [-0.15, -0.1) is 0 Å². The second-order valence-electron chi connectivity index (χ2n) is 5.51. The quantitative estimate of drug-likeness (QED) is 0.532. The molecule has 3 N–H and O–H groups in total. The van der Waals surface area contributed by atoms with Crippen molar-refractivity contribution in [3.63, 3.8) is 0 Å². The number of nitrogens with two attached hydrogens (primary N) is 1. The Morgan fingerprint density at radius 2 is 2.20 bits per heavy atom. The van der Waals surface area contributed by atoms with Crippen molar-refractivity contribution < 1.29 is 9.76 Å². The second-order valence-corrected chi connectivity index (χ2v) is 5.51. The minimum absolute atomic E-state index is 0.00771. The zero-order valence-electron chi connectivity index (χ0n) is 9.65. The summed E-state index contributed by atoms with van der Waals surface area (Å²) >= 11 is 0. The van der Waals surface area contributed by atoms with Gasteiger partial charge in [0.1, 0.15) is 0 Å². The molecule has 3 rings (SSSR count). The Bertz CT molecular complexity index is 235. The fourth-order valence-electron chi connectivity index (χ4n) is 3.11. The highest BCUT2D eigenvalue weighted by Gasteiger charge is 2.57. The van der Waals surface area contributed by atoms with Crippen LogP contribution in [0.3, 0.4) is 0 Å². The SMILES string of the molecule is CC1(C)C2CC(O[B]CCN)C(O)C1C2. The van der Waals surface area contributed by atoms with Gasteiger partial charge in [-0.3, -0.25) is 0 Å². The first-order valence-corrected chi connectivity index (χ1v) is 5.92. The van der Waals surface area contributed by atoms with E-state index in [0.717, 1.165) is 18.7 Å². The van der Waals surface area contributed by atoms with Crippen LogP contribution in [0.15, 0.2) is 0 Å². The summed E-state index contributed by atoms with van der Waals surface area (Å²) < 4.78 is 5.57. The Kier molecular flexibility index (Phi) is 3.11. The van der Waals surface area contributed by atoms with Crippen LogP contribution in [0, 0.1) is 17.3 Å². The largest absolute Gasteiger partial charge is 0.435 e. The molecule has 15 heavy (non-hydrogen) atoms. The minimum atomic E-state index is -0.293. The van der Waals surface area contributed by atoms with E-state index in [0.29, 0.717) is 17.9 Å². The maximum atomic E-state index is 10.1. The molecule has 1 radical (unpaired) electrons. The summed E-state index contributed by atoms with van der Waals surface area (Å²) in [4.78, 5) is 0. The van der Waals surface area contributed by atoms with Crippen LogP contribution >= 0.6 is 0 Å². The molecule has 4 heteroatoms. The van der Waals surface area contributed by atoms with Gasteiger partial charge in [-0.1, -0.05) is 13.8 Å². The first-order chi connectivity index (χ1) is 7.07. The predicted octanol–water partition coefficient (Wildman–Crippen LogP) is 0.795. The van der Waals surface area contributed by atoms with Crippen molar-refractivity contribution in [1.82, 2.24) is 0 Å². The summed E-state index contributed by atoms with van der Waals surface area (Å²) in [5, 5.41) is 10.1. The van der Waals surface area contributed by atoms with Gasteiger partial charge in [0.05, 0.1) is 12.2 Å². The third kappa shape index (κ3) is 1.83. The molecular weight excluding hydrogens is 189 g/mol. The summed E-state index contributed by atoms with van der Waals surface area (Å²) in [6, 6.07) is 0. The molecule has 4 atom stereocenters. The van der Waals surface area contributed by atoms with Gasteiger partial charge in [0, 0.05) is 0 Å². The van der Waals surface area contributed by atoms with Gasteiger partial charge in [0.15, 0.2) is 0 Å². The molecule has 3 aliphatic rings. The van der Waals surface area contributed by atoms with Gasteiger partial charge in [-0.25, -0.2) is 0 Å². The third-order valence-corrected chi connectivity index (χ3v) is 4.41. The van der Waals surface area contributed by atoms with Crippen molar-refractivity contribution in [2.24, 2.45) is 23.0 Å². The number of fused-ring (bicyclic) bond motifs is 2. The maximum Gasteiger partial charge on any atom is 0.294 e. The average Bonchev–Trinajstić information content (AvgIpc) is 2.20. The van der Waals surface area contributed by atoms with Crippen LogP contribution in [0.5, 0.6) is 0 Å². The molecule has 4 unspecified atom stereocenters. The van der Waals surface area contributed by atoms with Crippen LogP contribution in [-0.2, 0) is 4.65 Å². The summed E-state index contributed by atoms with van der Waals surface area (Å²) in [6.45, 7) is 5.13. The fraction of sp³-hybridized carbons (Fsp3) is 1.00. The van der Waals surface area contributed by atoms with Crippen LogP contribution in [-0.4, -0.2) is 31.3 Å². The zero-order chi connectivity index (χ0) is 11.1. The van der Waals surface area contributed by atoms with E-state index in [1.807, 2.05) is 0 Å². The Labute approximate surface area is 92.6 Å². The van der Waals surface area contributed by atoms with Crippen molar-refractivity contribution in [3.8, 4) is 0 Å². The molecule has 2 bridgehead atoms. The van der Waals surface area contributed by atoms with Crippen molar-refractivity contribution >= 4 is 7.48 Å². The number of rotatable bonds is 4. The third-order valence-electron chi connectivity index (χ3n) is 4.41. The predicted molar refractivity (Wildman–Crippen MR) is 60.5 cm³/mol. The number of aliphatic hydroxyl groups excluding tert-OH is 1. The first-order valence-electron chi connectivity index (χ1n) is 5.92. The molecule has 3 nitrogen and oxygen atoms in total. The molecule has 3 fully saturated rings. The lowest BCUT2D eigenvalue weighted by atomic mass is 9.47. The van der Waals surface area contributed by atoms with Crippen molar-refractivity contribution in [1.29, 1.82) is 0 Å². The van der Waals surface area contributed by atoms with Gasteiger partial charge in [-0.05, 0) is 43.0 Å². The highest BCUT2D eigenvalue weighted by molar-refractivity contribution is 6.27. The van der Waals surface area contributed by atoms with Gasteiger partial charge >= 0.3 is 0 Å². The topological polar surface area (TPSA) is 55.5 Å². The second kappa shape index (κ2) is 4.08. The van der Waals surface area contributed by atoms with Crippen LogP contribution < -0.4 is 5.73 Å². The van der Waals surface area contributed by atoms with Gasteiger partial charge in [0.25, 0.3) is 7.48 Å². The molecule has 0 aliphatic heterocycles. The highest BCUT2D eigenvalue weighted by Crippen LogP contribution is 2.59. The van der Waals surface area contributed by atoms with E-state index in [9.17, 15) is 5.11 Å². The Morgan fingerprint density at radius 3 is 2.73 bits per heavy atom. The molecule has 3 saturated carbocycles. The van der Waals surface area contributed by atoms with Crippen molar-refractivity contribution in [2.45, 2.75) is 45.2 Å².